The Morgan fingerprint density at radius 1 is 1.50 bits per heavy atom. The van der Waals surface area contributed by atoms with Crippen molar-refractivity contribution in [3.8, 4) is 0 Å². The van der Waals surface area contributed by atoms with E-state index in [1.54, 1.807) is 17.6 Å². The summed E-state index contributed by atoms with van der Waals surface area (Å²) in [6.07, 6.45) is 2.84. The van der Waals surface area contributed by atoms with Gasteiger partial charge < -0.3 is 10.8 Å². The van der Waals surface area contributed by atoms with Gasteiger partial charge in [0.2, 0.25) is 0 Å². The van der Waals surface area contributed by atoms with Crippen LogP contribution in [0.3, 0.4) is 0 Å². The van der Waals surface area contributed by atoms with Gasteiger partial charge in [0, 0.05) is 17.8 Å². The summed E-state index contributed by atoms with van der Waals surface area (Å²) in [5.41, 5.74) is 7.31. The highest BCUT2D eigenvalue weighted by Gasteiger charge is 2.16. The van der Waals surface area contributed by atoms with Crippen LogP contribution in [0, 0.1) is 0 Å². The van der Waals surface area contributed by atoms with E-state index in [1.165, 1.54) is 0 Å². The highest BCUT2D eigenvalue weighted by Crippen LogP contribution is 2.20. The van der Waals surface area contributed by atoms with Crippen molar-refractivity contribution in [2.45, 2.75) is 19.1 Å². The first-order valence-corrected chi connectivity index (χ1v) is 4.56. The molecule has 0 radical (unpaired) electrons. The zero-order valence-corrected chi connectivity index (χ0v) is 7.96. The molecule has 2 aromatic heterocycles. The van der Waals surface area contributed by atoms with Crippen LogP contribution in [0.5, 0.6) is 0 Å². The maximum Gasteiger partial charge on any atom is 0.0974 e. The summed E-state index contributed by atoms with van der Waals surface area (Å²) in [5, 5.41) is 13.9. The maximum absolute atomic E-state index is 9.81. The van der Waals surface area contributed by atoms with Crippen molar-refractivity contribution in [2.24, 2.45) is 5.73 Å². The molecular formula is C10H13N3O. The molecule has 14 heavy (non-hydrogen) atoms. The van der Waals surface area contributed by atoms with E-state index < -0.39 is 6.10 Å². The summed E-state index contributed by atoms with van der Waals surface area (Å²) < 4.78 is 1.72. The van der Waals surface area contributed by atoms with Gasteiger partial charge in [0.25, 0.3) is 0 Å². The van der Waals surface area contributed by atoms with Crippen molar-refractivity contribution in [1.29, 1.82) is 0 Å². The molecule has 0 amide bonds. The van der Waals surface area contributed by atoms with Gasteiger partial charge in [-0.1, -0.05) is 6.07 Å². The molecule has 2 rings (SSSR count). The van der Waals surface area contributed by atoms with Gasteiger partial charge in [0.1, 0.15) is 0 Å². The van der Waals surface area contributed by atoms with Crippen LogP contribution in [-0.4, -0.2) is 20.8 Å². The highest BCUT2D eigenvalue weighted by atomic mass is 16.3. The number of aliphatic hydroxyl groups is 1. The Balaban J connectivity index is 2.53. The lowest BCUT2D eigenvalue weighted by molar-refractivity contribution is 0.155. The molecule has 0 aliphatic rings. The molecule has 0 saturated carbocycles. The predicted octanol–water partition coefficient (Wildman–Crippen LogP) is 0.715. The second-order valence-corrected chi connectivity index (χ2v) is 3.43. The van der Waals surface area contributed by atoms with E-state index in [9.17, 15) is 5.11 Å². The topological polar surface area (TPSA) is 63.5 Å². The zero-order valence-electron chi connectivity index (χ0n) is 7.96. The van der Waals surface area contributed by atoms with Crippen LogP contribution in [0.2, 0.25) is 0 Å². The molecule has 0 spiro atoms. The molecule has 2 aromatic rings. The van der Waals surface area contributed by atoms with Crippen LogP contribution >= 0.6 is 0 Å². The third-order valence-electron chi connectivity index (χ3n) is 2.27. The fourth-order valence-electron chi connectivity index (χ4n) is 1.47. The predicted molar refractivity (Wildman–Crippen MR) is 53.8 cm³/mol. The van der Waals surface area contributed by atoms with Gasteiger partial charge >= 0.3 is 0 Å². The molecule has 0 aliphatic carbocycles. The van der Waals surface area contributed by atoms with Crippen molar-refractivity contribution in [1.82, 2.24) is 9.61 Å². The zero-order chi connectivity index (χ0) is 10.1. The van der Waals surface area contributed by atoms with Crippen LogP contribution in [-0.2, 0) is 0 Å². The number of nitrogens with zero attached hydrogens (tertiary/aromatic N) is 2. The van der Waals surface area contributed by atoms with Crippen LogP contribution < -0.4 is 5.73 Å². The summed E-state index contributed by atoms with van der Waals surface area (Å²) in [7, 11) is 0. The molecule has 2 unspecified atom stereocenters. The Morgan fingerprint density at radius 2 is 2.29 bits per heavy atom. The Labute approximate surface area is 82.0 Å². The fraction of sp³-hybridized carbons (Fsp3) is 0.300. The molecule has 2 heterocycles. The average Bonchev–Trinajstić information content (AvgIpc) is 2.60. The first kappa shape index (κ1) is 9.18. The second-order valence-electron chi connectivity index (χ2n) is 3.43. The van der Waals surface area contributed by atoms with Gasteiger partial charge in [-0.3, -0.25) is 0 Å². The Morgan fingerprint density at radius 3 is 3.00 bits per heavy atom. The normalized spacial score (nSPS) is 15.6. The lowest BCUT2D eigenvalue weighted by Gasteiger charge is -2.12. The lowest BCUT2D eigenvalue weighted by Crippen LogP contribution is -2.24. The summed E-state index contributed by atoms with van der Waals surface area (Å²) in [6.45, 7) is 1.77. The number of hydrogen-bond donors (Lipinski definition) is 2. The Bertz CT molecular complexity index is 436. The molecule has 74 valence electrons. The number of fused-ring (bicyclic) bond motifs is 1. The molecule has 0 aliphatic heterocycles. The van der Waals surface area contributed by atoms with E-state index in [2.05, 4.69) is 5.10 Å². The minimum absolute atomic E-state index is 0.289. The van der Waals surface area contributed by atoms with E-state index in [4.69, 9.17) is 5.73 Å². The van der Waals surface area contributed by atoms with Gasteiger partial charge in [0.15, 0.2) is 0 Å². The fourth-order valence-corrected chi connectivity index (χ4v) is 1.47. The molecule has 4 nitrogen and oxygen atoms in total. The maximum atomic E-state index is 9.81. The molecular weight excluding hydrogens is 178 g/mol. The van der Waals surface area contributed by atoms with E-state index in [1.807, 2.05) is 24.4 Å². The van der Waals surface area contributed by atoms with Gasteiger partial charge in [-0.2, -0.15) is 5.10 Å². The van der Waals surface area contributed by atoms with Gasteiger partial charge in [-0.25, -0.2) is 4.52 Å². The summed E-state index contributed by atoms with van der Waals surface area (Å²) in [5.74, 6) is 0. The SMILES string of the molecule is CC(N)C(O)c1cnn2ccccc12. The summed E-state index contributed by atoms with van der Waals surface area (Å²) in [4.78, 5) is 0. The Hall–Kier alpha value is -1.39. The molecule has 0 bridgehead atoms. The Kier molecular flexibility index (Phi) is 2.23. The van der Waals surface area contributed by atoms with Gasteiger partial charge in [-0.05, 0) is 19.1 Å². The molecule has 4 heteroatoms. The molecule has 2 atom stereocenters. The minimum atomic E-state index is -0.658. The van der Waals surface area contributed by atoms with Crippen molar-refractivity contribution >= 4 is 5.52 Å². The van der Waals surface area contributed by atoms with Crippen molar-refractivity contribution in [2.75, 3.05) is 0 Å². The minimum Gasteiger partial charge on any atom is -0.387 e. The number of pyridine rings is 1. The van der Waals surface area contributed by atoms with E-state index >= 15 is 0 Å². The number of rotatable bonds is 2. The third-order valence-corrected chi connectivity index (χ3v) is 2.27. The standard InChI is InChI=1S/C10H13N3O/c1-7(11)10(14)8-6-12-13-5-3-2-4-9(8)13/h2-7,10,14H,11H2,1H3. The van der Waals surface area contributed by atoms with Crippen LogP contribution in [0.4, 0.5) is 0 Å². The summed E-state index contributed by atoms with van der Waals surface area (Å²) >= 11 is 0. The number of nitrogens with two attached hydrogens (primary N) is 1. The molecule has 0 aromatic carbocycles. The molecule has 0 saturated heterocycles. The first-order chi connectivity index (χ1) is 6.70. The second kappa shape index (κ2) is 3.40. The van der Waals surface area contributed by atoms with Crippen molar-refractivity contribution < 1.29 is 5.11 Å². The van der Waals surface area contributed by atoms with Gasteiger partial charge in [0.05, 0.1) is 17.8 Å². The summed E-state index contributed by atoms with van der Waals surface area (Å²) in [6, 6.07) is 5.42. The van der Waals surface area contributed by atoms with Crippen LogP contribution in [0.25, 0.3) is 5.52 Å². The number of hydrogen-bond acceptors (Lipinski definition) is 3. The number of aromatic nitrogens is 2. The van der Waals surface area contributed by atoms with Crippen LogP contribution in [0.15, 0.2) is 30.6 Å². The third kappa shape index (κ3) is 1.38. The quantitative estimate of drug-likeness (QED) is 0.735. The van der Waals surface area contributed by atoms with Crippen molar-refractivity contribution in [3.05, 3.63) is 36.2 Å². The van der Waals surface area contributed by atoms with E-state index in [0.717, 1.165) is 11.1 Å². The van der Waals surface area contributed by atoms with Gasteiger partial charge in [-0.15, -0.1) is 0 Å². The number of aliphatic hydroxyl groups excluding tert-OH is 1. The lowest BCUT2D eigenvalue weighted by atomic mass is 10.1. The first-order valence-electron chi connectivity index (χ1n) is 4.56. The van der Waals surface area contributed by atoms with Crippen molar-refractivity contribution in [3.63, 3.8) is 0 Å². The molecule has 0 fully saturated rings. The average molecular weight is 191 g/mol. The largest absolute Gasteiger partial charge is 0.387 e. The molecule has 3 N–H and O–H groups in total. The van der Waals surface area contributed by atoms with Crippen LogP contribution in [0.1, 0.15) is 18.6 Å². The van der Waals surface area contributed by atoms with E-state index in [-0.39, 0.29) is 6.04 Å². The monoisotopic (exact) mass is 191 g/mol. The smallest absolute Gasteiger partial charge is 0.0974 e. The van der Waals surface area contributed by atoms with E-state index in [0.29, 0.717) is 0 Å². The highest BCUT2D eigenvalue weighted by molar-refractivity contribution is 5.54.